The van der Waals surface area contributed by atoms with Crippen molar-refractivity contribution in [3.8, 4) is 0 Å². The molecule has 0 unspecified atom stereocenters. The number of nitrogens with zero attached hydrogens (tertiary/aromatic N) is 2. The normalized spacial score (nSPS) is 29.5. The lowest BCUT2D eigenvalue weighted by Gasteiger charge is -2.34. The number of cyclic esters (lactones) is 1. The minimum atomic E-state index is -0.0474. The molecular weight excluding hydrogens is 230 g/mol. The van der Waals surface area contributed by atoms with Crippen molar-refractivity contribution in [2.24, 2.45) is 0 Å². The van der Waals surface area contributed by atoms with E-state index in [-0.39, 0.29) is 12.0 Å². The van der Waals surface area contributed by atoms with Gasteiger partial charge in [0.05, 0.1) is 12.3 Å². The van der Waals surface area contributed by atoms with Crippen molar-refractivity contribution < 1.29 is 9.53 Å². The number of aromatic nitrogens is 2. The second-order valence-electron chi connectivity index (χ2n) is 5.28. The number of H-pyrrole nitrogens is 1. The van der Waals surface area contributed by atoms with Crippen LogP contribution in [0.25, 0.3) is 0 Å². The summed E-state index contributed by atoms with van der Waals surface area (Å²) in [6.45, 7) is 4.52. The second kappa shape index (κ2) is 4.72. The summed E-state index contributed by atoms with van der Waals surface area (Å²) in [5.41, 5.74) is 2.23. The lowest BCUT2D eigenvalue weighted by Crippen LogP contribution is -2.44. The topological polar surface area (TPSA) is 58.2 Å². The Kier molecular flexibility index (Phi) is 3.07. The first-order valence-corrected chi connectivity index (χ1v) is 6.66. The third-order valence-corrected chi connectivity index (χ3v) is 3.95. The number of hydrogen-bond donors (Lipinski definition) is 1. The van der Waals surface area contributed by atoms with Gasteiger partial charge in [0.15, 0.2) is 0 Å². The highest BCUT2D eigenvalue weighted by molar-refractivity contribution is 5.77. The van der Waals surface area contributed by atoms with Gasteiger partial charge in [-0.05, 0) is 32.4 Å². The van der Waals surface area contributed by atoms with Gasteiger partial charge in [-0.15, -0.1) is 0 Å². The number of rotatable bonds is 2. The largest absolute Gasteiger partial charge is 0.464 e. The van der Waals surface area contributed by atoms with Crippen LogP contribution in [0.5, 0.6) is 0 Å². The molecule has 5 nitrogen and oxygen atoms in total. The highest BCUT2D eigenvalue weighted by Gasteiger charge is 2.35. The number of hydrogen-bond acceptors (Lipinski definition) is 4. The molecule has 1 aromatic rings. The summed E-state index contributed by atoms with van der Waals surface area (Å²) >= 11 is 0. The third-order valence-electron chi connectivity index (χ3n) is 3.95. The van der Waals surface area contributed by atoms with Gasteiger partial charge in [-0.2, -0.15) is 5.10 Å². The first-order chi connectivity index (χ1) is 8.74. The second-order valence-corrected chi connectivity index (χ2v) is 5.28. The molecule has 2 saturated heterocycles. The molecule has 2 aliphatic rings. The van der Waals surface area contributed by atoms with Crippen LogP contribution in [0.4, 0.5) is 0 Å². The fourth-order valence-corrected chi connectivity index (χ4v) is 3.00. The molecule has 0 amide bonds. The van der Waals surface area contributed by atoms with Crippen LogP contribution in [-0.4, -0.2) is 46.8 Å². The third kappa shape index (κ3) is 2.14. The van der Waals surface area contributed by atoms with E-state index in [2.05, 4.69) is 21.2 Å². The zero-order valence-corrected chi connectivity index (χ0v) is 10.7. The lowest BCUT2D eigenvalue weighted by atomic mass is 9.93. The lowest BCUT2D eigenvalue weighted by molar-refractivity contribution is -0.142. The summed E-state index contributed by atoms with van der Waals surface area (Å²) in [6.07, 6.45) is 3.12. The van der Waals surface area contributed by atoms with Crippen LogP contribution in [0.1, 0.15) is 36.6 Å². The van der Waals surface area contributed by atoms with E-state index in [0.717, 1.165) is 43.7 Å². The van der Waals surface area contributed by atoms with Gasteiger partial charge in [0, 0.05) is 24.6 Å². The molecule has 0 saturated carbocycles. The summed E-state index contributed by atoms with van der Waals surface area (Å²) in [5, 5.41) is 7.35. The minimum Gasteiger partial charge on any atom is -0.464 e. The molecule has 1 aromatic heterocycles. The molecule has 18 heavy (non-hydrogen) atoms. The number of piperidine rings is 1. The van der Waals surface area contributed by atoms with Crippen molar-refractivity contribution in [2.75, 3.05) is 19.7 Å². The van der Waals surface area contributed by atoms with Crippen molar-refractivity contribution in [1.29, 1.82) is 0 Å². The maximum absolute atomic E-state index is 11.6. The van der Waals surface area contributed by atoms with Gasteiger partial charge in [-0.3, -0.25) is 14.8 Å². The van der Waals surface area contributed by atoms with Gasteiger partial charge in [-0.25, -0.2) is 0 Å². The zero-order chi connectivity index (χ0) is 12.5. The fraction of sp³-hybridized carbons (Fsp3) is 0.692. The molecule has 1 N–H and O–H groups in total. The molecule has 0 aliphatic carbocycles. The smallest absolute Gasteiger partial charge is 0.323 e. The number of ether oxygens (including phenoxy) is 1. The van der Waals surface area contributed by atoms with Gasteiger partial charge in [0.1, 0.15) is 6.04 Å². The van der Waals surface area contributed by atoms with Gasteiger partial charge in [0.25, 0.3) is 0 Å². The van der Waals surface area contributed by atoms with Gasteiger partial charge >= 0.3 is 5.97 Å². The summed E-state index contributed by atoms with van der Waals surface area (Å²) < 4.78 is 5.06. The predicted octanol–water partition coefficient (Wildman–Crippen LogP) is 1.21. The van der Waals surface area contributed by atoms with E-state index in [9.17, 15) is 4.79 Å². The SMILES string of the molecule is Cc1cc([C@@H]2CCCN([C@H]3CCOC3=O)C2)n[nH]1. The molecule has 5 heteroatoms. The van der Waals surface area contributed by atoms with E-state index < -0.39 is 0 Å². The highest BCUT2D eigenvalue weighted by Crippen LogP contribution is 2.28. The number of nitrogens with one attached hydrogen (secondary N) is 1. The van der Waals surface area contributed by atoms with Crippen molar-refractivity contribution in [3.05, 3.63) is 17.5 Å². The Hall–Kier alpha value is -1.36. The fourth-order valence-electron chi connectivity index (χ4n) is 3.00. The number of aryl methyl sites for hydroxylation is 1. The number of carbonyl (C=O) groups excluding carboxylic acids is 1. The Morgan fingerprint density at radius 2 is 2.39 bits per heavy atom. The minimum absolute atomic E-state index is 0.0205. The summed E-state index contributed by atoms with van der Waals surface area (Å²) in [7, 11) is 0. The van der Waals surface area contributed by atoms with Gasteiger partial charge in [-0.1, -0.05) is 0 Å². The quantitative estimate of drug-likeness (QED) is 0.800. The van der Waals surface area contributed by atoms with Crippen LogP contribution >= 0.6 is 0 Å². The van der Waals surface area contributed by atoms with E-state index in [1.165, 1.54) is 0 Å². The first-order valence-electron chi connectivity index (χ1n) is 6.66. The van der Waals surface area contributed by atoms with Crippen LogP contribution < -0.4 is 0 Å². The molecule has 2 atom stereocenters. The maximum Gasteiger partial charge on any atom is 0.323 e. The molecule has 0 spiro atoms. The summed E-state index contributed by atoms with van der Waals surface area (Å²) in [4.78, 5) is 13.9. The molecule has 98 valence electrons. The Labute approximate surface area is 107 Å². The molecule has 0 aromatic carbocycles. The molecule has 2 aliphatic heterocycles. The Morgan fingerprint density at radius 3 is 3.06 bits per heavy atom. The highest BCUT2D eigenvalue weighted by atomic mass is 16.5. The Balaban J connectivity index is 1.70. The van der Waals surface area contributed by atoms with Crippen molar-refractivity contribution >= 4 is 5.97 Å². The van der Waals surface area contributed by atoms with E-state index in [1.807, 2.05) is 6.92 Å². The van der Waals surface area contributed by atoms with Gasteiger partial charge in [0.2, 0.25) is 0 Å². The van der Waals surface area contributed by atoms with Crippen LogP contribution in [0.15, 0.2) is 6.07 Å². The Morgan fingerprint density at radius 1 is 1.50 bits per heavy atom. The number of aromatic amines is 1. The molecule has 0 bridgehead atoms. The van der Waals surface area contributed by atoms with Crippen LogP contribution in [0.3, 0.4) is 0 Å². The van der Waals surface area contributed by atoms with Crippen LogP contribution in [0.2, 0.25) is 0 Å². The predicted molar refractivity (Wildman–Crippen MR) is 66.2 cm³/mol. The van der Waals surface area contributed by atoms with Crippen molar-refractivity contribution in [3.63, 3.8) is 0 Å². The average molecular weight is 249 g/mol. The van der Waals surface area contributed by atoms with E-state index in [1.54, 1.807) is 0 Å². The molecule has 3 rings (SSSR count). The Bertz CT molecular complexity index is 443. The zero-order valence-electron chi connectivity index (χ0n) is 10.7. The molecule has 3 heterocycles. The van der Waals surface area contributed by atoms with Crippen LogP contribution in [-0.2, 0) is 9.53 Å². The summed E-state index contributed by atoms with van der Waals surface area (Å²) in [6, 6.07) is 2.09. The van der Waals surface area contributed by atoms with Crippen molar-refractivity contribution in [1.82, 2.24) is 15.1 Å². The maximum atomic E-state index is 11.6. The number of likely N-dealkylation sites (tertiary alicyclic amines) is 1. The molecule has 0 radical (unpaired) electrons. The molecule has 2 fully saturated rings. The standard InChI is InChI=1S/C13H19N3O2/c1-9-7-11(15-14-9)10-3-2-5-16(8-10)12-4-6-18-13(12)17/h7,10,12H,2-6,8H2,1H3,(H,14,15)/t10-,12+/m1/s1. The number of carbonyl (C=O) groups is 1. The summed E-state index contributed by atoms with van der Waals surface area (Å²) in [5.74, 6) is 0.394. The van der Waals surface area contributed by atoms with Gasteiger partial charge < -0.3 is 4.74 Å². The molecular formula is C13H19N3O2. The van der Waals surface area contributed by atoms with Crippen LogP contribution in [0, 0.1) is 6.92 Å². The van der Waals surface area contributed by atoms with Crippen molar-refractivity contribution in [2.45, 2.75) is 38.1 Å². The average Bonchev–Trinajstić information content (AvgIpc) is 2.98. The van der Waals surface area contributed by atoms with E-state index >= 15 is 0 Å². The first kappa shape index (κ1) is 11.7. The van der Waals surface area contributed by atoms with E-state index in [0.29, 0.717) is 12.5 Å². The van der Waals surface area contributed by atoms with E-state index in [4.69, 9.17) is 4.74 Å². The monoisotopic (exact) mass is 249 g/mol. The number of esters is 1.